The molecule has 34 heavy (non-hydrogen) atoms. The zero-order valence-corrected chi connectivity index (χ0v) is 20.1. The van der Waals surface area contributed by atoms with Gasteiger partial charge in [-0.1, -0.05) is 36.4 Å². The van der Waals surface area contributed by atoms with Crippen molar-refractivity contribution >= 4 is 11.7 Å². The lowest BCUT2D eigenvalue weighted by Crippen LogP contribution is -2.42. The first kappa shape index (κ1) is 25.6. The zero-order chi connectivity index (χ0) is 24.6. The highest BCUT2D eigenvalue weighted by molar-refractivity contribution is 5.69. The quantitative estimate of drug-likeness (QED) is 0.407. The molecule has 184 valence electrons. The van der Waals surface area contributed by atoms with Crippen LogP contribution in [0.15, 0.2) is 60.7 Å². The lowest BCUT2D eigenvalue weighted by atomic mass is 9.72. The molecule has 2 unspecified atom stereocenters. The summed E-state index contributed by atoms with van der Waals surface area (Å²) in [5.41, 5.74) is 1.88. The molecule has 3 rings (SSSR count). The predicted octanol–water partition coefficient (Wildman–Crippen LogP) is 3.47. The number of allylic oxidation sites excluding steroid dienone is 1. The standard InChI is InChI=1S/C27H35NO6/c1-32-23-8-6-7-20(17-23)27(12-11-21(29)18-22(30)19-26(31)34-3)13-15-28(16-14-27)24-9-4-5-10-25(24)33-2/h4-12,17,21-22,29-30H,13-16,18-19H2,1-3H3. The van der Waals surface area contributed by atoms with Gasteiger partial charge < -0.3 is 29.3 Å². The van der Waals surface area contributed by atoms with Crippen LogP contribution in [0.25, 0.3) is 0 Å². The number of methoxy groups -OCH3 is 3. The van der Waals surface area contributed by atoms with E-state index in [0.29, 0.717) is 0 Å². The van der Waals surface area contributed by atoms with E-state index in [1.54, 1.807) is 20.3 Å². The normalized spacial score (nSPS) is 17.3. The van der Waals surface area contributed by atoms with Gasteiger partial charge in [0.15, 0.2) is 0 Å². The number of benzene rings is 2. The molecule has 7 nitrogen and oxygen atoms in total. The summed E-state index contributed by atoms with van der Waals surface area (Å²) in [5.74, 6) is 1.13. The van der Waals surface area contributed by atoms with Crippen molar-refractivity contribution in [1.29, 1.82) is 0 Å². The van der Waals surface area contributed by atoms with Crippen molar-refractivity contribution in [3.8, 4) is 11.5 Å². The third kappa shape index (κ3) is 6.30. The minimum atomic E-state index is -0.965. The molecule has 1 fully saturated rings. The van der Waals surface area contributed by atoms with E-state index in [0.717, 1.165) is 48.7 Å². The van der Waals surface area contributed by atoms with Crippen molar-refractivity contribution in [2.24, 2.45) is 0 Å². The van der Waals surface area contributed by atoms with Gasteiger partial charge in [-0.2, -0.15) is 0 Å². The van der Waals surface area contributed by atoms with Crippen molar-refractivity contribution in [2.45, 2.75) is 43.3 Å². The topological polar surface area (TPSA) is 88.5 Å². The Balaban J connectivity index is 1.81. The van der Waals surface area contributed by atoms with Gasteiger partial charge in [-0.15, -0.1) is 0 Å². The molecular weight excluding hydrogens is 434 g/mol. The summed E-state index contributed by atoms with van der Waals surface area (Å²) in [6.07, 6.45) is 3.51. The first-order chi connectivity index (χ1) is 16.4. The third-order valence-corrected chi connectivity index (χ3v) is 6.51. The third-order valence-electron chi connectivity index (χ3n) is 6.51. The van der Waals surface area contributed by atoms with Gasteiger partial charge in [0.05, 0.1) is 45.6 Å². The van der Waals surface area contributed by atoms with Crippen molar-refractivity contribution in [1.82, 2.24) is 0 Å². The van der Waals surface area contributed by atoms with Crippen molar-refractivity contribution in [3.05, 3.63) is 66.2 Å². The summed E-state index contributed by atoms with van der Waals surface area (Å²) >= 11 is 0. The Morgan fingerprint density at radius 1 is 1.06 bits per heavy atom. The van der Waals surface area contributed by atoms with Crippen LogP contribution in [0.3, 0.4) is 0 Å². The molecule has 2 aromatic carbocycles. The Hall–Kier alpha value is -3.03. The van der Waals surface area contributed by atoms with E-state index in [9.17, 15) is 15.0 Å². The number of hydrogen-bond acceptors (Lipinski definition) is 7. The summed E-state index contributed by atoms with van der Waals surface area (Å²) in [5, 5.41) is 20.6. The van der Waals surface area contributed by atoms with Gasteiger partial charge >= 0.3 is 5.97 Å². The van der Waals surface area contributed by atoms with Crippen LogP contribution in [0.1, 0.15) is 31.2 Å². The van der Waals surface area contributed by atoms with Crippen LogP contribution < -0.4 is 14.4 Å². The monoisotopic (exact) mass is 469 g/mol. The number of carbonyl (C=O) groups is 1. The second-order valence-electron chi connectivity index (χ2n) is 8.64. The molecule has 1 aliphatic heterocycles. The molecular formula is C27H35NO6. The van der Waals surface area contributed by atoms with Crippen LogP contribution in [-0.2, 0) is 14.9 Å². The van der Waals surface area contributed by atoms with Gasteiger partial charge in [0.25, 0.3) is 0 Å². The lowest BCUT2D eigenvalue weighted by Gasteiger charge is -2.42. The number of ether oxygens (including phenoxy) is 3. The fourth-order valence-electron chi connectivity index (χ4n) is 4.53. The maximum Gasteiger partial charge on any atom is 0.308 e. The molecule has 1 saturated heterocycles. The van der Waals surface area contributed by atoms with Crippen LogP contribution in [0.4, 0.5) is 5.69 Å². The molecule has 2 aromatic rings. The van der Waals surface area contributed by atoms with Crippen molar-refractivity contribution in [2.75, 3.05) is 39.3 Å². The second kappa shape index (κ2) is 11.9. The van der Waals surface area contributed by atoms with Crippen LogP contribution in [-0.4, -0.2) is 62.8 Å². The van der Waals surface area contributed by atoms with Gasteiger partial charge in [0.2, 0.25) is 0 Å². The molecule has 0 aliphatic carbocycles. The molecule has 0 radical (unpaired) electrons. The van der Waals surface area contributed by atoms with E-state index in [4.69, 9.17) is 9.47 Å². The first-order valence-corrected chi connectivity index (χ1v) is 11.6. The van der Waals surface area contributed by atoms with E-state index in [1.165, 1.54) is 7.11 Å². The number of aliphatic hydroxyl groups is 2. The number of rotatable bonds is 10. The molecule has 7 heteroatoms. The van der Waals surface area contributed by atoms with E-state index >= 15 is 0 Å². The Bertz CT molecular complexity index is 967. The summed E-state index contributed by atoms with van der Waals surface area (Å²) < 4.78 is 15.6. The van der Waals surface area contributed by atoms with E-state index in [1.807, 2.05) is 36.4 Å². The fourth-order valence-corrected chi connectivity index (χ4v) is 4.53. The predicted molar refractivity (Wildman–Crippen MR) is 132 cm³/mol. The maximum atomic E-state index is 11.4. The first-order valence-electron chi connectivity index (χ1n) is 11.6. The number of anilines is 1. The summed E-state index contributed by atoms with van der Waals surface area (Å²) in [6.45, 7) is 1.62. The van der Waals surface area contributed by atoms with Gasteiger partial charge in [0, 0.05) is 24.9 Å². The molecule has 0 aromatic heterocycles. The maximum absolute atomic E-state index is 11.4. The number of aliphatic hydroxyl groups excluding tert-OH is 2. The molecule has 1 heterocycles. The number of nitrogens with zero attached hydrogens (tertiary/aromatic N) is 1. The zero-order valence-electron chi connectivity index (χ0n) is 20.1. The largest absolute Gasteiger partial charge is 0.497 e. The number of esters is 1. The van der Waals surface area contributed by atoms with Crippen LogP contribution in [0, 0.1) is 0 Å². The number of para-hydroxylation sites is 2. The van der Waals surface area contributed by atoms with E-state index in [-0.39, 0.29) is 18.3 Å². The average Bonchev–Trinajstić information content (AvgIpc) is 2.87. The van der Waals surface area contributed by atoms with E-state index < -0.39 is 18.2 Å². The second-order valence-corrected chi connectivity index (χ2v) is 8.64. The fraction of sp³-hybridized carbons (Fsp3) is 0.444. The Morgan fingerprint density at radius 3 is 2.47 bits per heavy atom. The van der Waals surface area contributed by atoms with Crippen LogP contribution in [0.2, 0.25) is 0 Å². The van der Waals surface area contributed by atoms with E-state index in [2.05, 4.69) is 27.8 Å². The highest BCUT2D eigenvalue weighted by Gasteiger charge is 2.35. The smallest absolute Gasteiger partial charge is 0.308 e. The average molecular weight is 470 g/mol. The minimum absolute atomic E-state index is 0.0626. The number of hydrogen-bond donors (Lipinski definition) is 2. The molecule has 0 saturated carbocycles. The van der Waals surface area contributed by atoms with Crippen molar-refractivity contribution in [3.63, 3.8) is 0 Å². The molecule has 2 N–H and O–H groups in total. The summed E-state index contributed by atoms with van der Waals surface area (Å²) in [7, 11) is 4.61. The molecule has 0 bridgehead atoms. The number of piperidine rings is 1. The van der Waals surface area contributed by atoms with Gasteiger partial charge in [-0.3, -0.25) is 4.79 Å². The van der Waals surface area contributed by atoms with Crippen molar-refractivity contribution < 1.29 is 29.2 Å². The Kier molecular flexibility index (Phi) is 8.96. The molecule has 1 aliphatic rings. The molecule has 2 atom stereocenters. The SMILES string of the molecule is COC(=O)CC(O)CC(O)C=CC1(c2cccc(OC)c2)CCN(c2ccccc2OC)CC1. The van der Waals surface area contributed by atoms with Crippen LogP contribution >= 0.6 is 0 Å². The summed E-state index contributed by atoms with van der Waals surface area (Å²) in [6, 6.07) is 16.0. The molecule has 0 spiro atoms. The highest BCUT2D eigenvalue weighted by atomic mass is 16.5. The van der Waals surface area contributed by atoms with Gasteiger partial charge in [-0.05, 0) is 42.7 Å². The number of carbonyl (C=O) groups excluding carboxylic acids is 1. The minimum Gasteiger partial charge on any atom is -0.497 e. The summed E-state index contributed by atoms with van der Waals surface area (Å²) in [4.78, 5) is 13.7. The Labute approximate surface area is 201 Å². The molecule has 0 amide bonds. The Morgan fingerprint density at radius 2 is 1.79 bits per heavy atom. The van der Waals surface area contributed by atoms with Gasteiger partial charge in [0.1, 0.15) is 11.5 Å². The highest BCUT2D eigenvalue weighted by Crippen LogP contribution is 2.41. The lowest BCUT2D eigenvalue weighted by molar-refractivity contribution is -0.143. The van der Waals surface area contributed by atoms with Crippen LogP contribution in [0.5, 0.6) is 11.5 Å². The van der Waals surface area contributed by atoms with Gasteiger partial charge in [-0.25, -0.2) is 0 Å².